The van der Waals surface area contributed by atoms with E-state index >= 15 is 0 Å². The summed E-state index contributed by atoms with van der Waals surface area (Å²) in [6.07, 6.45) is 5.36. The molecule has 4 heteroatoms. The predicted octanol–water partition coefficient (Wildman–Crippen LogP) is 2.36. The number of carbonyl (C=O) groups is 1. The van der Waals surface area contributed by atoms with Gasteiger partial charge in [0.15, 0.2) is 0 Å². The highest BCUT2D eigenvalue weighted by molar-refractivity contribution is 5.68. The number of ether oxygens (including phenoxy) is 2. The third kappa shape index (κ3) is 3.19. The maximum Gasteiger partial charge on any atom is 0.306 e. The zero-order valence-corrected chi connectivity index (χ0v) is 10.6. The quantitative estimate of drug-likeness (QED) is 0.822. The number of carboxylic acid groups (broad SMARTS) is 1. The fraction of sp³-hybridized carbons (Fsp3) is 0.923. The molecular formula is C13H22O4. The van der Waals surface area contributed by atoms with Crippen LogP contribution in [0.3, 0.4) is 0 Å². The summed E-state index contributed by atoms with van der Waals surface area (Å²) in [5.41, 5.74) is -0.382. The summed E-state index contributed by atoms with van der Waals surface area (Å²) in [7, 11) is 0. The van der Waals surface area contributed by atoms with Crippen molar-refractivity contribution in [2.45, 2.75) is 76.3 Å². The maximum atomic E-state index is 10.9. The number of aliphatic carboxylic acids is 1. The van der Waals surface area contributed by atoms with Crippen LogP contribution in [-0.4, -0.2) is 35.0 Å². The van der Waals surface area contributed by atoms with Gasteiger partial charge >= 0.3 is 5.97 Å². The Kier molecular flexibility index (Phi) is 3.73. The molecule has 1 aliphatic heterocycles. The predicted molar refractivity (Wildman–Crippen MR) is 63.0 cm³/mol. The molecule has 0 bridgehead atoms. The van der Waals surface area contributed by atoms with Crippen LogP contribution in [0.1, 0.15) is 52.4 Å². The van der Waals surface area contributed by atoms with E-state index in [-0.39, 0.29) is 30.3 Å². The van der Waals surface area contributed by atoms with Crippen LogP contribution in [0.5, 0.6) is 0 Å². The van der Waals surface area contributed by atoms with Crippen molar-refractivity contribution in [3.05, 3.63) is 0 Å². The molecule has 0 radical (unpaired) electrons. The van der Waals surface area contributed by atoms with Gasteiger partial charge in [0.2, 0.25) is 0 Å². The van der Waals surface area contributed by atoms with Crippen LogP contribution < -0.4 is 0 Å². The molecule has 0 aromatic rings. The fourth-order valence-corrected chi connectivity index (χ4v) is 2.98. The zero-order chi connectivity index (χ0) is 12.5. The first-order valence-corrected chi connectivity index (χ1v) is 6.54. The number of hydrogen-bond acceptors (Lipinski definition) is 3. The first kappa shape index (κ1) is 12.8. The highest BCUT2D eigenvalue weighted by Gasteiger charge is 2.43. The largest absolute Gasteiger partial charge is 0.481 e. The molecule has 1 saturated heterocycles. The lowest BCUT2D eigenvalue weighted by molar-refractivity contribution is -0.192. The Labute approximate surface area is 102 Å². The fourth-order valence-electron chi connectivity index (χ4n) is 2.98. The van der Waals surface area contributed by atoms with Crippen molar-refractivity contribution in [1.29, 1.82) is 0 Å². The molecule has 2 unspecified atom stereocenters. The second kappa shape index (κ2) is 4.94. The molecule has 2 atom stereocenters. The maximum absolute atomic E-state index is 10.9. The normalized spacial score (nSPS) is 36.2. The van der Waals surface area contributed by atoms with Crippen molar-refractivity contribution in [3.8, 4) is 0 Å². The second-order valence-corrected chi connectivity index (χ2v) is 5.58. The molecule has 0 amide bonds. The molecule has 0 aromatic carbocycles. The van der Waals surface area contributed by atoms with Gasteiger partial charge < -0.3 is 14.6 Å². The monoisotopic (exact) mass is 242 g/mol. The van der Waals surface area contributed by atoms with E-state index < -0.39 is 5.97 Å². The first-order valence-electron chi connectivity index (χ1n) is 6.54. The Balaban J connectivity index is 1.91. The van der Waals surface area contributed by atoms with Crippen molar-refractivity contribution >= 4 is 5.97 Å². The van der Waals surface area contributed by atoms with Gasteiger partial charge in [-0.25, -0.2) is 0 Å². The van der Waals surface area contributed by atoms with Gasteiger partial charge in [-0.1, -0.05) is 0 Å². The van der Waals surface area contributed by atoms with E-state index in [1.165, 1.54) is 0 Å². The molecule has 17 heavy (non-hydrogen) atoms. The molecule has 2 fully saturated rings. The summed E-state index contributed by atoms with van der Waals surface area (Å²) in [5.74, 6) is -0.752. The Bertz CT molecular complexity index is 275. The van der Waals surface area contributed by atoms with Gasteiger partial charge in [-0.05, 0) is 46.0 Å². The molecule has 4 nitrogen and oxygen atoms in total. The van der Waals surface area contributed by atoms with Crippen LogP contribution in [0.4, 0.5) is 0 Å². The van der Waals surface area contributed by atoms with E-state index in [0.717, 1.165) is 32.1 Å². The minimum absolute atomic E-state index is 0.146. The van der Waals surface area contributed by atoms with Gasteiger partial charge in [-0.2, -0.15) is 0 Å². The van der Waals surface area contributed by atoms with Crippen molar-refractivity contribution < 1.29 is 19.4 Å². The van der Waals surface area contributed by atoms with Gasteiger partial charge in [0.25, 0.3) is 0 Å². The van der Waals surface area contributed by atoms with Gasteiger partial charge in [0.05, 0.1) is 30.3 Å². The summed E-state index contributed by atoms with van der Waals surface area (Å²) < 4.78 is 11.8. The molecule has 0 spiro atoms. The van der Waals surface area contributed by atoms with E-state index in [2.05, 4.69) is 13.8 Å². The summed E-state index contributed by atoms with van der Waals surface area (Å²) >= 11 is 0. The van der Waals surface area contributed by atoms with Crippen LogP contribution >= 0.6 is 0 Å². The number of carboxylic acids is 1. The average Bonchev–Trinajstić information content (AvgIpc) is 2.11. The molecule has 98 valence electrons. The van der Waals surface area contributed by atoms with Crippen LogP contribution in [0.15, 0.2) is 0 Å². The Hall–Kier alpha value is -0.610. The van der Waals surface area contributed by atoms with E-state index in [1.54, 1.807) is 0 Å². The van der Waals surface area contributed by atoms with Crippen molar-refractivity contribution in [3.63, 3.8) is 0 Å². The van der Waals surface area contributed by atoms with E-state index in [4.69, 9.17) is 14.6 Å². The summed E-state index contributed by atoms with van der Waals surface area (Å²) in [6.45, 7) is 4.10. The topological polar surface area (TPSA) is 55.8 Å². The lowest BCUT2D eigenvalue weighted by Gasteiger charge is -2.45. The average molecular weight is 242 g/mol. The molecule has 1 aliphatic carbocycles. The van der Waals surface area contributed by atoms with Crippen LogP contribution in [0, 0.1) is 0 Å². The summed E-state index contributed by atoms with van der Waals surface area (Å²) in [4.78, 5) is 10.9. The highest BCUT2D eigenvalue weighted by Crippen LogP contribution is 2.41. The van der Waals surface area contributed by atoms with Crippen molar-refractivity contribution in [1.82, 2.24) is 0 Å². The molecule has 0 aromatic heterocycles. The summed E-state index contributed by atoms with van der Waals surface area (Å²) in [6, 6.07) is 0. The van der Waals surface area contributed by atoms with E-state index in [0.29, 0.717) is 0 Å². The Morgan fingerprint density at radius 3 is 2.35 bits per heavy atom. The second-order valence-electron chi connectivity index (χ2n) is 5.58. The zero-order valence-electron chi connectivity index (χ0n) is 10.6. The van der Waals surface area contributed by atoms with Crippen LogP contribution in [0.25, 0.3) is 0 Å². The van der Waals surface area contributed by atoms with Crippen LogP contribution in [-0.2, 0) is 14.3 Å². The molecular weight excluding hydrogens is 220 g/mol. The molecule has 2 aliphatic rings. The lowest BCUT2D eigenvalue weighted by Crippen LogP contribution is -2.47. The highest BCUT2D eigenvalue weighted by atomic mass is 16.5. The molecule has 1 saturated carbocycles. The molecule has 1 N–H and O–H groups in total. The standard InChI is InChI=1S/C13H22O4/c1-9-6-11(7-10(2)16-9)17-13(4-3-5-13)8-12(14)15/h9-11H,3-8H2,1-2H3,(H,14,15). The van der Waals surface area contributed by atoms with Crippen molar-refractivity contribution in [2.24, 2.45) is 0 Å². The van der Waals surface area contributed by atoms with E-state index in [9.17, 15) is 4.79 Å². The van der Waals surface area contributed by atoms with Gasteiger partial charge in [-0.3, -0.25) is 4.79 Å². The minimum Gasteiger partial charge on any atom is -0.481 e. The van der Waals surface area contributed by atoms with Crippen molar-refractivity contribution in [2.75, 3.05) is 0 Å². The SMILES string of the molecule is CC1CC(OC2(CC(=O)O)CCC2)CC(C)O1. The molecule has 1 heterocycles. The third-order valence-electron chi connectivity index (χ3n) is 3.81. The third-order valence-corrected chi connectivity index (χ3v) is 3.81. The van der Waals surface area contributed by atoms with Gasteiger partial charge in [0, 0.05) is 0 Å². The van der Waals surface area contributed by atoms with Gasteiger partial charge in [-0.15, -0.1) is 0 Å². The number of hydrogen-bond donors (Lipinski definition) is 1. The first-order chi connectivity index (χ1) is 7.99. The number of rotatable bonds is 4. The minimum atomic E-state index is -0.752. The van der Waals surface area contributed by atoms with E-state index in [1.807, 2.05) is 0 Å². The van der Waals surface area contributed by atoms with Gasteiger partial charge in [0.1, 0.15) is 0 Å². The lowest BCUT2D eigenvalue weighted by atomic mass is 9.77. The smallest absolute Gasteiger partial charge is 0.306 e. The Morgan fingerprint density at radius 1 is 1.35 bits per heavy atom. The Morgan fingerprint density at radius 2 is 1.94 bits per heavy atom. The summed E-state index contributed by atoms with van der Waals surface area (Å²) in [5, 5.41) is 8.94. The van der Waals surface area contributed by atoms with Crippen LogP contribution in [0.2, 0.25) is 0 Å². The molecule has 2 rings (SSSR count).